The zero-order chi connectivity index (χ0) is 21.3. The molecule has 1 aromatic heterocycles. The Morgan fingerprint density at radius 2 is 1.80 bits per heavy atom. The van der Waals surface area contributed by atoms with Crippen molar-refractivity contribution in [3.8, 4) is 16.9 Å². The highest BCUT2D eigenvalue weighted by molar-refractivity contribution is 5.97. The highest BCUT2D eigenvalue weighted by Gasteiger charge is 2.29. The summed E-state index contributed by atoms with van der Waals surface area (Å²) in [5.74, 6) is 1.11. The summed E-state index contributed by atoms with van der Waals surface area (Å²) in [6.45, 7) is 9.86. The number of benzene rings is 2. The maximum atomic E-state index is 12.1. The molecule has 2 heterocycles. The second-order valence-corrected chi connectivity index (χ2v) is 8.60. The van der Waals surface area contributed by atoms with E-state index in [9.17, 15) is 4.79 Å². The van der Waals surface area contributed by atoms with Gasteiger partial charge in [0.05, 0.1) is 24.8 Å². The van der Waals surface area contributed by atoms with Crippen LogP contribution in [-0.4, -0.2) is 30.1 Å². The molecule has 0 radical (unpaired) electrons. The van der Waals surface area contributed by atoms with Crippen molar-refractivity contribution in [1.82, 2.24) is 5.10 Å². The van der Waals surface area contributed by atoms with Gasteiger partial charge in [-0.3, -0.25) is 4.79 Å². The van der Waals surface area contributed by atoms with Crippen molar-refractivity contribution in [2.75, 3.05) is 18.0 Å². The molecule has 0 unspecified atom stereocenters. The van der Waals surface area contributed by atoms with E-state index in [4.69, 9.17) is 4.74 Å². The van der Waals surface area contributed by atoms with E-state index < -0.39 is 0 Å². The molecule has 156 valence electrons. The van der Waals surface area contributed by atoms with Crippen LogP contribution in [0.5, 0.6) is 5.75 Å². The average molecular weight is 405 g/mol. The second-order valence-electron chi connectivity index (χ2n) is 8.60. The second kappa shape index (κ2) is 8.34. The third-order valence-electron chi connectivity index (χ3n) is 5.56. The van der Waals surface area contributed by atoms with E-state index in [2.05, 4.69) is 46.9 Å². The number of hydrogen-bond donors (Lipinski definition) is 1. The Bertz CT molecular complexity index is 1010. The van der Waals surface area contributed by atoms with Gasteiger partial charge in [0.2, 0.25) is 6.20 Å². The molecule has 1 aliphatic heterocycles. The fraction of sp³-hybridized carbons (Fsp3) is 0.360. The Balaban J connectivity index is 1.35. The summed E-state index contributed by atoms with van der Waals surface area (Å²) in [6, 6.07) is 16.6. The maximum Gasteiger partial charge on any atom is 0.203 e. The zero-order valence-corrected chi connectivity index (χ0v) is 18.1. The molecular weight excluding hydrogens is 374 g/mol. The molecule has 5 nitrogen and oxygen atoms in total. The normalized spacial score (nSPS) is 14.3. The predicted molar refractivity (Wildman–Crippen MR) is 119 cm³/mol. The number of nitrogens with one attached hydrogen (secondary N) is 1. The molecule has 0 amide bonds. The lowest BCUT2D eigenvalue weighted by Crippen LogP contribution is -2.54. The Hall–Kier alpha value is -3.08. The fourth-order valence-electron chi connectivity index (χ4n) is 3.66. The van der Waals surface area contributed by atoms with Gasteiger partial charge in [-0.2, -0.15) is 5.10 Å². The van der Waals surface area contributed by atoms with Gasteiger partial charge in [-0.1, -0.05) is 26.0 Å². The first kappa shape index (κ1) is 20.2. The SMILES string of the molecule is CC(C)C(=O)c1ccc(N2CC(Oc3cccc(-c4c[nH][n+](C(C)C)c4)c3)C2)cc1. The minimum Gasteiger partial charge on any atom is -0.487 e. The molecule has 1 fully saturated rings. The van der Waals surface area contributed by atoms with Crippen molar-refractivity contribution in [2.24, 2.45) is 5.92 Å². The molecular formula is C25H30N3O2+. The van der Waals surface area contributed by atoms with Gasteiger partial charge in [0.25, 0.3) is 0 Å². The van der Waals surface area contributed by atoms with Crippen LogP contribution in [0.25, 0.3) is 11.1 Å². The first-order chi connectivity index (χ1) is 14.4. The van der Waals surface area contributed by atoms with Crippen molar-refractivity contribution in [2.45, 2.75) is 39.8 Å². The van der Waals surface area contributed by atoms with Crippen molar-refractivity contribution in [3.63, 3.8) is 0 Å². The molecule has 0 spiro atoms. The summed E-state index contributed by atoms with van der Waals surface area (Å²) in [5.41, 5.74) is 4.21. The zero-order valence-electron chi connectivity index (χ0n) is 18.1. The number of carbonyl (C=O) groups excluding carboxylic acids is 1. The molecule has 4 rings (SSSR count). The van der Waals surface area contributed by atoms with Crippen LogP contribution in [0.2, 0.25) is 0 Å². The van der Waals surface area contributed by atoms with E-state index in [0.717, 1.165) is 41.2 Å². The summed E-state index contributed by atoms with van der Waals surface area (Å²) in [5, 5.41) is 3.28. The van der Waals surface area contributed by atoms with Gasteiger partial charge >= 0.3 is 0 Å². The first-order valence-corrected chi connectivity index (χ1v) is 10.7. The van der Waals surface area contributed by atoms with Crippen molar-refractivity contribution >= 4 is 11.5 Å². The van der Waals surface area contributed by atoms with E-state index in [1.807, 2.05) is 56.4 Å². The number of H-pyrrole nitrogens is 1. The van der Waals surface area contributed by atoms with Crippen LogP contribution in [0.4, 0.5) is 5.69 Å². The van der Waals surface area contributed by atoms with Crippen molar-refractivity contribution in [1.29, 1.82) is 0 Å². The summed E-state index contributed by atoms with van der Waals surface area (Å²) in [4.78, 5) is 14.4. The van der Waals surface area contributed by atoms with Gasteiger partial charge in [-0.05, 0) is 55.8 Å². The Morgan fingerprint density at radius 1 is 1.07 bits per heavy atom. The topological polar surface area (TPSA) is 49.2 Å². The lowest BCUT2D eigenvalue weighted by Gasteiger charge is -2.40. The molecule has 2 aromatic carbocycles. The molecule has 3 aromatic rings. The van der Waals surface area contributed by atoms with Crippen LogP contribution in [0.15, 0.2) is 60.9 Å². The molecule has 0 saturated carbocycles. The van der Waals surface area contributed by atoms with E-state index in [1.54, 1.807) is 0 Å². The van der Waals surface area contributed by atoms with Crippen molar-refractivity contribution < 1.29 is 14.2 Å². The lowest BCUT2D eigenvalue weighted by molar-refractivity contribution is -0.767. The summed E-state index contributed by atoms with van der Waals surface area (Å²) >= 11 is 0. The average Bonchev–Trinajstić information content (AvgIpc) is 3.21. The van der Waals surface area contributed by atoms with Crippen LogP contribution < -0.4 is 14.3 Å². The van der Waals surface area contributed by atoms with Crippen LogP contribution in [0.1, 0.15) is 44.1 Å². The molecule has 5 heteroatoms. The minimum atomic E-state index is 0.0234. The van der Waals surface area contributed by atoms with Crippen molar-refractivity contribution in [3.05, 3.63) is 66.5 Å². The predicted octanol–water partition coefficient (Wildman–Crippen LogP) is 4.66. The van der Waals surface area contributed by atoms with Gasteiger partial charge in [0.15, 0.2) is 11.8 Å². The Morgan fingerprint density at radius 3 is 2.43 bits per heavy atom. The number of rotatable bonds is 7. The van der Waals surface area contributed by atoms with E-state index in [-0.39, 0.29) is 17.8 Å². The first-order valence-electron chi connectivity index (χ1n) is 10.7. The molecule has 30 heavy (non-hydrogen) atoms. The number of nitrogens with zero attached hydrogens (tertiary/aromatic N) is 2. The number of ketones is 1. The quantitative estimate of drug-likeness (QED) is 0.460. The summed E-state index contributed by atoms with van der Waals surface area (Å²) in [6.07, 6.45) is 4.32. The summed E-state index contributed by atoms with van der Waals surface area (Å²) < 4.78 is 8.29. The number of carbonyl (C=O) groups is 1. The van der Waals surface area contributed by atoms with Gasteiger partial charge in [0, 0.05) is 17.2 Å². The lowest BCUT2D eigenvalue weighted by atomic mass is 10.0. The van der Waals surface area contributed by atoms with Crippen LogP contribution in [-0.2, 0) is 0 Å². The standard InChI is InChI=1S/C25H29N3O2/c1-17(2)25(29)19-8-10-22(11-9-19)27-15-24(16-27)30-23-7-5-6-20(12-23)21-13-26-28(14-21)18(3)4/h5-14,17-18,24H,15-16H2,1-4H3/p+1. The summed E-state index contributed by atoms with van der Waals surface area (Å²) in [7, 11) is 0. The molecule has 1 saturated heterocycles. The molecule has 1 N–H and O–H groups in total. The molecule has 0 aliphatic carbocycles. The van der Waals surface area contributed by atoms with E-state index in [0.29, 0.717) is 6.04 Å². The molecule has 1 aliphatic rings. The largest absolute Gasteiger partial charge is 0.487 e. The Kier molecular flexibility index (Phi) is 5.62. The number of aromatic nitrogens is 2. The van der Waals surface area contributed by atoms with Gasteiger partial charge in [-0.15, -0.1) is 4.68 Å². The monoisotopic (exact) mass is 404 g/mol. The third-order valence-corrected chi connectivity index (χ3v) is 5.56. The number of anilines is 1. The molecule has 0 bridgehead atoms. The maximum absolute atomic E-state index is 12.1. The van der Waals surface area contributed by atoms with Crippen LogP contribution >= 0.6 is 0 Å². The van der Waals surface area contributed by atoms with E-state index in [1.165, 1.54) is 0 Å². The highest BCUT2D eigenvalue weighted by Crippen LogP contribution is 2.27. The number of ether oxygens (including phenoxy) is 1. The van der Waals surface area contributed by atoms with Crippen LogP contribution in [0.3, 0.4) is 0 Å². The highest BCUT2D eigenvalue weighted by atomic mass is 16.5. The van der Waals surface area contributed by atoms with E-state index >= 15 is 0 Å². The van der Waals surface area contributed by atoms with Gasteiger partial charge in [0.1, 0.15) is 11.9 Å². The number of aromatic amines is 1. The Labute approximate surface area is 178 Å². The van der Waals surface area contributed by atoms with Gasteiger partial charge in [-0.25, -0.2) is 0 Å². The van der Waals surface area contributed by atoms with Gasteiger partial charge < -0.3 is 9.64 Å². The fourth-order valence-corrected chi connectivity index (χ4v) is 3.66. The number of hydrogen-bond acceptors (Lipinski definition) is 3. The smallest absolute Gasteiger partial charge is 0.203 e. The molecule has 0 atom stereocenters. The van der Waals surface area contributed by atoms with Crippen LogP contribution in [0, 0.1) is 5.92 Å². The number of Topliss-reactive ketones (excluding diaryl/α,β-unsaturated/α-hetero) is 1. The third kappa shape index (κ3) is 4.25. The minimum absolute atomic E-state index is 0.0234.